The van der Waals surface area contributed by atoms with Crippen molar-refractivity contribution in [2.75, 3.05) is 6.54 Å². The molecule has 0 bridgehead atoms. The maximum atomic E-state index is 6.71. The summed E-state index contributed by atoms with van der Waals surface area (Å²) in [6.07, 6.45) is 9.48. The number of aryl methyl sites for hydroxylation is 1. The van der Waals surface area contributed by atoms with Gasteiger partial charge in [-0.3, -0.25) is 4.90 Å². The van der Waals surface area contributed by atoms with Crippen molar-refractivity contribution < 1.29 is 0 Å². The maximum Gasteiger partial charge on any atom is 0.0455 e. The zero-order chi connectivity index (χ0) is 13.5. The molecule has 1 aromatic carbocycles. The fourth-order valence-corrected chi connectivity index (χ4v) is 3.91. The Morgan fingerprint density at radius 1 is 1.05 bits per heavy atom. The van der Waals surface area contributed by atoms with Gasteiger partial charge in [-0.2, -0.15) is 0 Å². The van der Waals surface area contributed by atoms with E-state index in [9.17, 15) is 0 Å². The van der Waals surface area contributed by atoms with Gasteiger partial charge in [-0.1, -0.05) is 24.3 Å². The largest absolute Gasteiger partial charge is 0.323 e. The Hall–Kier alpha value is -0.860. The minimum absolute atomic E-state index is 0.216. The second-order valence-corrected chi connectivity index (χ2v) is 7.06. The van der Waals surface area contributed by atoms with Crippen LogP contribution in [0, 0.1) is 5.92 Å². The van der Waals surface area contributed by atoms with E-state index in [0.717, 1.165) is 12.0 Å². The lowest BCUT2D eigenvalue weighted by Crippen LogP contribution is -2.44. The number of hydrogen-bond donors (Lipinski definition) is 1. The van der Waals surface area contributed by atoms with Crippen LogP contribution in [0.1, 0.15) is 55.7 Å². The van der Waals surface area contributed by atoms with Gasteiger partial charge in [0, 0.05) is 24.7 Å². The Morgan fingerprint density at radius 2 is 1.85 bits per heavy atom. The van der Waals surface area contributed by atoms with Gasteiger partial charge in [0.1, 0.15) is 0 Å². The van der Waals surface area contributed by atoms with Gasteiger partial charge in [0.2, 0.25) is 0 Å². The number of hydrogen-bond acceptors (Lipinski definition) is 2. The molecule has 0 aromatic heterocycles. The first-order chi connectivity index (χ1) is 9.83. The van der Waals surface area contributed by atoms with E-state index >= 15 is 0 Å². The molecular formula is C18H26N2. The van der Waals surface area contributed by atoms with E-state index in [0.29, 0.717) is 6.04 Å². The molecule has 0 aliphatic heterocycles. The van der Waals surface area contributed by atoms with E-state index in [1.807, 2.05) is 0 Å². The Bertz CT molecular complexity index is 476. The molecular weight excluding hydrogens is 244 g/mol. The molecule has 0 amide bonds. The Labute approximate surface area is 122 Å². The van der Waals surface area contributed by atoms with Crippen molar-refractivity contribution in [3.05, 3.63) is 35.4 Å². The first-order valence-electron chi connectivity index (χ1n) is 8.42. The smallest absolute Gasteiger partial charge is 0.0455 e. The van der Waals surface area contributed by atoms with Gasteiger partial charge in [0.15, 0.2) is 0 Å². The fourth-order valence-electron chi connectivity index (χ4n) is 3.91. The van der Waals surface area contributed by atoms with E-state index in [1.165, 1.54) is 62.6 Å². The number of rotatable bonds is 4. The SMILES string of the molecule is NC1c2ccccc2CCCC1N(CC1CC1)C1CC1. The van der Waals surface area contributed by atoms with E-state index in [2.05, 4.69) is 29.2 Å². The van der Waals surface area contributed by atoms with Crippen LogP contribution < -0.4 is 5.73 Å². The summed E-state index contributed by atoms with van der Waals surface area (Å²) in [7, 11) is 0. The van der Waals surface area contributed by atoms with E-state index < -0.39 is 0 Å². The van der Waals surface area contributed by atoms with Crippen molar-refractivity contribution >= 4 is 0 Å². The quantitative estimate of drug-likeness (QED) is 0.851. The van der Waals surface area contributed by atoms with E-state index in [-0.39, 0.29) is 6.04 Å². The molecule has 2 unspecified atom stereocenters. The lowest BCUT2D eigenvalue weighted by Gasteiger charge is -2.35. The third kappa shape index (κ3) is 2.51. The Kier molecular flexibility index (Phi) is 3.31. The highest BCUT2D eigenvalue weighted by Crippen LogP contribution is 2.40. The van der Waals surface area contributed by atoms with Crippen LogP contribution in [0.25, 0.3) is 0 Å². The van der Waals surface area contributed by atoms with Crippen molar-refractivity contribution in [1.29, 1.82) is 0 Å². The molecule has 0 heterocycles. The first kappa shape index (κ1) is 12.8. The van der Waals surface area contributed by atoms with Gasteiger partial charge in [-0.25, -0.2) is 0 Å². The van der Waals surface area contributed by atoms with Crippen LogP contribution in [0.2, 0.25) is 0 Å². The summed E-state index contributed by atoms with van der Waals surface area (Å²) in [6, 6.07) is 10.5. The van der Waals surface area contributed by atoms with Gasteiger partial charge in [0.25, 0.3) is 0 Å². The van der Waals surface area contributed by atoms with Gasteiger partial charge >= 0.3 is 0 Å². The maximum absolute atomic E-state index is 6.71. The summed E-state index contributed by atoms with van der Waals surface area (Å²) in [4.78, 5) is 2.80. The van der Waals surface area contributed by atoms with Crippen LogP contribution in [-0.2, 0) is 6.42 Å². The van der Waals surface area contributed by atoms with Crippen molar-refractivity contribution in [2.45, 2.75) is 63.1 Å². The number of benzene rings is 1. The fraction of sp³-hybridized carbons (Fsp3) is 0.667. The van der Waals surface area contributed by atoms with E-state index in [1.54, 1.807) is 0 Å². The molecule has 2 N–H and O–H groups in total. The van der Waals surface area contributed by atoms with Crippen LogP contribution in [0.5, 0.6) is 0 Å². The zero-order valence-corrected chi connectivity index (χ0v) is 12.3. The number of nitrogens with zero attached hydrogens (tertiary/aromatic N) is 1. The van der Waals surface area contributed by atoms with Gasteiger partial charge in [0.05, 0.1) is 0 Å². The summed E-state index contributed by atoms with van der Waals surface area (Å²) in [5.41, 5.74) is 9.62. The molecule has 2 nitrogen and oxygen atoms in total. The lowest BCUT2D eigenvalue weighted by atomic mass is 9.95. The lowest BCUT2D eigenvalue weighted by molar-refractivity contribution is 0.146. The molecule has 3 aliphatic carbocycles. The topological polar surface area (TPSA) is 29.3 Å². The van der Waals surface area contributed by atoms with Crippen molar-refractivity contribution in [1.82, 2.24) is 4.90 Å². The number of fused-ring (bicyclic) bond motifs is 1. The Morgan fingerprint density at radius 3 is 2.60 bits per heavy atom. The highest BCUT2D eigenvalue weighted by atomic mass is 15.2. The van der Waals surface area contributed by atoms with Crippen molar-refractivity contribution in [2.24, 2.45) is 11.7 Å². The molecule has 4 rings (SSSR count). The van der Waals surface area contributed by atoms with Gasteiger partial charge < -0.3 is 5.73 Å². The average molecular weight is 270 g/mol. The monoisotopic (exact) mass is 270 g/mol. The van der Waals surface area contributed by atoms with Crippen LogP contribution in [0.15, 0.2) is 24.3 Å². The average Bonchev–Trinajstić information content (AvgIpc) is 3.33. The summed E-state index contributed by atoms with van der Waals surface area (Å²) in [6.45, 7) is 1.31. The molecule has 20 heavy (non-hydrogen) atoms. The molecule has 2 atom stereocenters. The third-order valence-corrected chi connectivity index (χ3v) is 5.38. The molecule has 2 saturated carbocycles. The predicted octanol–water partition coefficient (Wildman–Crippen LogP) is 3.27. The van der Waals surface area contributed by atoms with Crippen LogP contribution >= 0.6 is 0 Å². The molecule has 0 spiro atoms. The molecule has 0 saturated heterocycles. The minimum Gasteiger partial charge on any atom is -0.323 e. The molecule has 3 aliphatic rings. The second kappa shape index (κ2) is 5.16. The molecule has 1 aromatic rings. The molecule has 2 heteroatoms. The third-order valence-electron chi connectivity index (χ3n) is 5.38. The summed E-state index contributed by atoms with van der Waals surface area (Å²) in [5.74, 6) is 0.973. The molecule has 2 fully saturated rings. The highest BCUT2D eigenvalue weighted by Gasteiger charge is 2.40. The van der Waals surface area contributed by atoms with Crippen LogP contribution in [0.4, 0.5) is 0 Å². The van der Waals surface area contributed by atoms with Gasteiger partial charge in [-0.15, -0.1) is 0 Å². The van der Waals surface area contributed by atoms with Crippen molar-refractivity contribution in [3.8, 4) is 0 Å². The predicted molar refractivity (Wildman–Crippen MR) is 82.5 cm³/mol. The summed E-state index contributed by atoms with van der Waals surface area (Å²) < 4.78 is 0. The second-order valence-electron chi connectivity index (χ2n) is 7.06. The highest BCUT2D eigenvalue weighted by molar-refractivity contribution is 5.32. The number of nitrogens with two attached hydrogens (primary N) is 1. The van der Waals surface area contributed by atoms with Crippen LogP contribution in [-0.4, -0.2) is 23.5 Å². The minimum atomic E-state index is 0.216. The zero-order valence-electron chi connectivity index (χ0n) is 12.3. The Balaban J connectivity index is 1.59. The van der Waals surface area contributed by atoms with Crippen LogP contribution in [0.3, 0.4) is 0 Å². The summed E-state index contributed by atoms with van der Waals surface area (Å²) >= 11 is 0. The van der Waals surface area contributed by atoms with Gasteiger partial charge in [-0.05, 0) is 62.0 Å². The molecule has 0 radical (unpaired) electrons. The standard InChI is InChI=1S/C18H26N2/c19-18-16-6-2-1-4-14(16)5-3-7-17(18)20(15-10-11-15)12-13-8-9-13/h1-2,4,6,13,15,17-18H,3,5,7-12,19H2. The van der Waals surface area contributed by atoms with Crippen molar-refractivity contribution in [3.63, 3.8) is 0 Å². The van der Waals surface area contributed by atoms with E-state index in [4.69, 9.17) is 5.73 Å². The molecule has 108 valence electrons. The summed E-state index contributed by atoms with van der Waals surface area (Å²) in [5, 5.41) is 0. The normalized spacial score (nSPS) is 30.1. The first-order valence-corrected chi connectivity index (χ1v) is 8.42.